The van der Waals surface area contributed by atoms with Crippen molar-refractivity contribution in [2.45, 2.75) is 12.5 Å². The first-order valence-corrected chi connectivity index (χ1v) is 7.41. The smallest absolute Gasteiger partial charge is 0.126 e. The fraction of sp³-hybridized carbons (Fsp3) is 0.231. The maximum atomic E-state index is 13.6. The van der Waals surface area contributed by atoms with Crippen LogP contribution in [0.5, 0.6) is 0 Å². The zero-order valence-corrected chi connectivity index (χ0v) is 12.7. The van der Waals surface area contributed by atoms with Gasteiger partial charge in [0.2, 0.25) is 0 Å². The van der Waals surface area contributed by atoms with Crippen molar-refractivity contribution < 1.29 is 8.78 Å². The number of benzene rings is 1. The molecular weight excluding hydrogens is 367 g/mol. The molecule has 0 saturated carbocycles. The third kappa shape index (κ3) is 3.27. The van der Waals surface area contributed by atoms with Gasteiger partial charge in [0.05, 0.1) is 2.88 Å². The molecule has 1 N–H and O–H groups in total. The van der Waals surface area contributed by atoms with Gasteiger partial charge in [-0.3, -0.25) is 0 Å². The molecule has 0 aliphatic rings. The van der Waals surface area contributed by atoms with Crippen LogP contribution >= 0.6 is 33.9 Å². The van der Waals surface area contributed by atoms with Gasteiger partial charge < -0.3 is 5.32 Å². The van der Waals surface area contributed by atoms with E-state index < -0.39 is 5.82 Å². The topological polar surface area (TPSA) is 12.0 Å². The summed E-state index contributed by atoms with van der Waals surface area (Å²) in [6.07, 6.45) is 0.437. The van der Waals surface area contributed by atoms with Crippen LogP contribution in [0.2, 0.25) is 0 Å². The molecule has 0 radical (unpaired) electrons. The minimum absolute atomic E-state index is 0.000987. The van der Waals surface area contributed by atoms with Gasteiger partial charge in [-0.05, 0) is 76.8 Å². The number of nitrogens with one attached hydrogen (secondary N) is 1. The minimum Gasteiger partial charge on any atom is -0.313 e. The lowest BCUT2D eigenvalue weighted by molar-refractivity contribution is 0.544. The molecule has 1 aromatic carbocycles. The molecule has 0 amide bonds. The van der Waals surface area contributed by atoms with Crippen molar-refractivity contribution in [2.24, 2.45) is 0 Å². The van der Waals surface area contributed by atoms with E-state index in [0.29, 0.717) is 12.0 Å². The van der Waals surface area contributed by atoms with Crippen LogP contribution in [0.15, 0.2) is 29.6 Å². The Morgan fingerprint density at radius 2 is 2.11 bits per heavy atom. The fourth-order valence-corrected chi connectivity index (χ4v) is 3.24. The summed E-state index contributed by atoms with van der Waals surface area (Å²) >= 11 is 3.89. The van der Waals surface area contributed by atoms with Gasteiger partial charge in [0, 0.05) is 6.04 Å². The summed E-state index contributed by atoms with van der Waals surface area (Å²) in [5.41, 5.74) is 1.51. The van der Waals surface area contributed by atoms with Crippen molar-refractivity contribution in [1.82, 2.24) is 5.32 Å². The molecule has 2 aromatic rings. The number of thiophene rings is 1. The normalized spacial score (nSPS) is 12.7. The first-order valence-electron chi connectivity index (χ1n) is 5.45. The Balaban J connectivity index is 2.22. The summed E-state index contributed by atoms with van der Waals surface area (Å²) in [5.74, 6) is -0.761. The van der Waals surface area contributed by atoms with Crippen molar-refractivity contribution in [2.75, 3.05) is 7.05 Å². The Morgan fingerprint density at radius 1 is 1.33 bits per heavy atom. The third-order valence-corrected chi connectivity index (χ3v) is 4.58. The zero-order valence-electron chi connectivity index (χ0n) is 9.71. The lowest BCUT2D eigenvalue weighted by Crippen LogP contribution is -2.18. The Morgan fingerprint density at radius 3 is 2.72 bits per heavy atom. The molecule has 1 atom stereocenters. The summed E-state index contributed by atoms with van der Waals surface area (Å²) in [5, 5.41) is 5.18. The van der Waals surface area contributed by atoms with E-state index in [0.717, 1.165) is 11.6 Å². The van der Waals surface area contributed by atoms with E-state index in [2.05, 4.69) is 34.0 Å². The van der Waals surface area contributed by atoms with E-state index in [1.54, 1.807) is 11.3 Å². The molecule has 0 bridgehead atoms. The fourth-order valence-electron chi connectivity index (χ4n) is 1.81. The maximum absolute atomic E-state index is 13.6. The first kappa shape index (κ1) is 13.9. The molecule has 0 fully saturated rings. The first-order chi connectivity index (χ1) is 8.60. The number of hydrogen-bond acceptors (Lipinski definition) is 2. The molecule has 96 valence electrons. The van der Waals surface area contributed by atoms with E-state index in [4.69, 9.17) is 0 Å². The van der Waals surface area contributed by atoms with Crippen LogP contribution in [0, 0.1) is 14.5 Å². The second-order valence-electron chi connectivity index (χ2n) is 3.97. The predicted molar refractivity (Wildman–Crippen MR) is 78.9 cm³/mol. The summed E-state index contributed by atoms with van der Waals surface area (Å²) in [6, 6.07) is 5.64. The van der Waals surface area contributed by atoms with Crippen molar-refractivity contribution in [3.8, 4) is 0 Å². The number of halogens is 3. The maximum Gasteiger partial charge on any atom is 0.126 e. The van der Waals surface area contributed by atoms with Gasteiger partial charge in [-0.2, -0.15) is 0 Å². The van der Waals surface area contributed by atoms with Gasteiger partial charge in [0.1, 0.15) is 11.6 Å². The summed E-state index contributed by atoms with van der Waals surface area (Å²) in [4.78, 5) is 0. The van der Waals surface area contributed by atoms with Crippen LogP contribution in [0.25, 0.3) is 0 Å². The molecule has 0 aliphatic carbocycles. The Kier molecular flexibility index (Phi) is 4.69. The molecule has 0 aliphatic heterocycles. The summed E-state index contributed by atoms with van der Waals surface area (Å²) in [6.45, 7) is 0. The highest BCUT2D eigenvalue weighted by Gasteiger charge is 2.14. The van der Waals surface area contributed by atoms with Crippen LogP contribution in [0.3, 0.4) is 0 Å². The average molecular weight is 379 g/mol. The van der Waals surface area contributed by atoms with E-state index in [1.807, 2.05) is 12.4 Å². The van der Waals surface area contributed by atoms with Crippen molar-refractivity contribution in [3.63, 3.8) is 0 Å². The standard InChI is InChI=1S/C13H12F2INS/c1-17-12(9-6-13(16)18-7-9)5-8-4-10(14)2-3-11(8)15/h2-4,6-7,12,17H,5H2,1H3. The van der Waals surface area contributed by atoms with Crippen LogP contribution in [-0.2, 0) is 6.42 Å². The molecule has 1 aromatic heterocycles. The molecule has 0 saturated heterocycles. The SMILES string of the molecule is CNC(Cc1cc(F)ccc1F)c1csc(I)c1. The van der Waals surface area contributed by atoms with Gasteiger partial charge in [-0.25, -0.2) is 8.78 Å². The van der Waals surface area contributed by atoms with Gasteiger partial charge in [0.15, 0.2) is 0 Å². The zero-order chi connectivity index (χ0) is 13.1. The number of likely N-dealkylation sites (N-methyl/N-ethyl adjacent to an activating group) is 1. The van der Waals surface area contributed by atoms with E-state index in [9.17, 15) is 8.78 Å². The van der Waals surface area contributed by atoms with Crippen molar-refractivity contribution in [1.29, 1.82) is 0 Å². The minimum atomic E-state index is -0.402. The van der Waals surface area contributed by atoms with Gasteiger partial charge in [0.25, 0.3) is 0 Å². The highest BCUT2D eigenvalue weighted by molar-refractivity contribution is 14.1. The summed E-state index contributed by atoms with van der Waals surface area (Å²) < 4.78 is 27.9. The number of hydrogen-bond donors (Lipinski definition) is 1. The quantitative estimate of drug-likeness (QED) is 0.788. The van der Waals surface area contributed by atoms with Gasteiger partial charge in [-0.1, -0.05) is 0 Å². The second kappa shape index (κ2) is 6.08. The van der Waals surface area contributed by atoms with Crippen LogP contribution in [-0.4, -0.2) is 7.05 Å². The molecule has 1 unspecified atom stereocenters. The molecule has 1 nitrogen and oxygen atoms in total. The third-order valence-electron chi connectivity index (χ3n) is 2.77. The van der Waals surface area contributed by atoms with E-state index >= 15 is 0 Å². The van der Waals surface area contributed by atoms with Crippen LogP contribution < -0.4 is 5.32 Å². The highest BCUT2D eigenvalue weighted by Crippen LogP contribution is 2.25. The Labute approximate surface area is 122 Å². The van der Waals surface area contributed by atoms with E-state index in [1.165, 1.54) is 15.0 Å². The molecule has 18 heavy (non-hydrogen) atoms. The lowest BCUT2D eigenvalue weighted by atomic mass is 10.0. The van der Waals surface area contributed by atoms with Crippen molar-refractivity contribution in [3.05, 3.63) is 55.3 Å². The summed E-state index contributed by atoms with van der Waals surface area (Å²) in [7, 11) is 1.83. The monoisotopic (exact) mass is 379 g/mol. The van der Waals surface area contributed by atoms with Gasteiger partial charge in [-0.15, -0.1) is 11.3 Å². The van der Waals surface area contributed by atoms with Crippen molar-refractivity contribution >= 4 is 33.9 Å². The largest absolute Gasteiger partial charge is 0.313 e. The average Bonchev–Trinajstić information content (AvgIpc) is 2.77. The number of rotatable bonds is 4. The van der Waals surface area contributed by atoms with E-state index in [-0.39, 0.29) is 11.9 Å². The predicted octanol–water partition coefficient (Wildman–Crippen LogP) is 4.13. The van der Waals surface area contributed by atoms with Gasteiger partial charge >= 0.3 is 0 Å². The highest BCUT2D eigenvalue weighted by atomic mass is 127. The molecule has 0 spiro atoms. The lowest BCUT2D eigenvalue weighted by Gasteiger charge is -2.15. The molecule has 5 heteroatoms. The molecular formula is C13H12F2INS. The molecule has 2 rings (SSSR count). The molecule has 1 heterocycles. The van der Waals surface area contributed by atoms with Crippen LogP contribution in [0.4, 0.5) is 8.78 Å². The Bertz CT molecular complexity index is 542. The van der Waals surface area contributed by atoms with Crippen LogP contribution in [0.1, 0.15) is 17.2 Å². The Hall–Kier alpha value is -0.530. The second-order valence-corrected chi connectivity index (χ2v) is 6.77.